The van der Waals surface area contributed by atoms with E-state index < -0.39 is 22.0 Å². The maximum atomic E-state index is 12.0. The highest BCUT2D eigenvalue weighted by Crippen LogP contribution is 2.31. The number of aliphatic hydroxyl groups is 1. The maximum Gasteiger partial charge on any atom is 0.315 e. The molecule has 0 radical (unpaired) electrons. The van der Waals surface area contributed by atoms with E-state index in [2.05, 4.69) is 10.6 Å². The SMILES string of the molecule is O=C(NCC1CCS(=O)(=O)C1)N[C@@H]1c2ccccc2C[C@@H]1O. The zero-order chi connectivity index (χ0) is 15.7. The van der Waals surface area contributed by atoms with Crippen molar-refractivity contribution < 1.29 is 18.3 Å². The predicted molar refractivity (Wildman–Crippen MR) is 82.2 cm³/mol. The molecule has 6 nitrogen and oxygen atoms in total. The summed E-state index contributed by atoms with van der Waals surface area (Å²) in [6.45, 7) is 0.343. The van der Waals surface area contributed by atoms with Crippen LogP contribution in [0.3, 0.4) is 0 Å². The number of urea groups is 1. The summed E-state index contributed by atoms with van der Waals surface area (Å²) in [6.07, 6.45) is 0.495. The first-order chi connectivity index (χ1) is 10.4. The summed E-state index contributed by atoms with van der Waals surface area (Å²) in [5, 5.41) is 15.6. The second-order valence-corrected chi connectivity index (χ2v) is 8.30. The highest BCUT2D eigenvalue weighted by molar-refractivity contribution is 7.91. The van der Waals surface area contributed by atoms with Crippen LogP contribution in [-0.4, -0.2) is 43.7 Å². The Kier molecular flexibility index (Phi) is 4.10. The average molecular weight is 324 g/mol. The molecule has 1 aliphatic carbocycles. The van der Waals surface area contributed by atoms with Gasteiger partial charge in [0.15, 0.2) is 9.84 Å². The number of aliphatic hydroxyl groups excluding tert-OH is 1. The Labute approximate surface area is 129 Å². The zero-order valence-corrected chi connectivity index (χ0v) is 13.0. The monoisotopic (exact) mass is 324 g/mol. The largest absolute Gasteiger partial charge is 0.390 e. The predicted octanol–water partition coefficient (Wildman–Crippen LogP) is 0.379. The molecule has 0 bridgehead atoms. The van der Waals surface area contributed by atoms with Crippen LogP contribution in [0.5, 0.6) is 0 Å². The molecule has 0 spiro atoms. The van der Waals surface area contributed by atoms with Crippen molar-refractivity contribution >= 4 is 15.9 Å². The molecule has 120 valence electrons. The molecule has 0 saturated carbocycles. The Bertz CT molecular complexity index is 674. The first-order valence-electron chi connectivity index (χ1n) is 7.45. The minimum absolute atomic E-state index is 0.0171. The number of hydrogen-bond donors (Lipinski definition) is 3. The molecule has 1 unspecified atom stereocenters. The van der Waals surface area contributed by atoms with Gasteiger partial charge in [0.25, 0.3) is 0 Å². The van der Waals surface area contributed by atoms with Crippen molar-refractivity contribution in [1.82, 2.24) is 10.6 Å². The number of rotatable bonds is 3. The second-order valence-electron chi connectivity index (χ2n) is 6.07. The normalized spacial score (nSPS) is 29.0. The Balaban J connectivity index is 1.54. The summed E-state index contributed by atoms with van der Waals surface area (Å²) in [7, 11) is -2.93. The van der Waals surface area contributed by atoms with Crippen molar-refractivity contribution in [1.29, 1.82) is 0 Å². The van der Waals surface area contributed by atoms with Gasteiger partial charge in [0.2, 0.25) is 0 Å². The molecule has 1 aromatic rings. The number of carbonyl (C=O) groups is 1. The molecule has 2 aliphatic rings. The highest BCUT2D eigenvalue weighted by atomic mass is 32.2. The van der Waals surface area contributed by atoms with E-state index in [1.165, 1.54) is 0 Å². The Morgan fingerprint density at radius 3 is 2.82 bits per heavy atom. The topological polar surface area (TPSA) is 95.5 Å². The molecule has 7 heteroatoms. The van der Waals surface area contributed by atoms with Gasteiger partial charge < -0.3 is 15.7 Å². The van der Waals surface area contributed by atoms with Gasteiger partial charge in [0.05, 0.1) is 23.7 Å². The lowest BCUT2D eigenvalue weighted by Crippen LogP contribution is -2.42. The van der Waals surface area contributed by atoms with E-state index in [-0.39, 0.29) is 23.5 Å². The summed E-state index contributed by atoms with van der Waals surface area (Å²) in [5.41, 5.74) is 1.98. The molecule has 3 rings (SSSR count). The number of nitrogens with one attached hydrogen (secondary N) is 2. The molecule has 3 N–H and O–H groups in total. The van der Waals surface area contributed by atoms with Crippen LogP contribution in [0.4, 0.5) is 4.79 Å². The van der Waals surface area contributed by atoms with Crippen molar-refractivity contribution in [3.8, 4) is 0 Å². The van der Waals surface area contributed by atoms with Crippen LogP contribution in [0.2, 0.25) is 0 Å². The average Bonchev–Trinajstić information content (AvgIpc) is 2.97. The van der Waals surface area contributed by atoms with Crippen LogP contribution in [0.15, 0.2) is 24.3 Å². The molecular weight excluding hydrogens is 304 g/mol. The summed E-state index contributed by atoms with van der Waals surface area (Å²) in [4.78, 5) is 12.0. The van der Waals surface area contributed by atoms with E-state index in [0.717, 1.165) is 11.1 Å². The van der Waals surface area contributed by atoms with Crippen LogP contribution >= 0.6 is 0 Å². The quantitative estimate of drug-likeness (QED) is 0.749. The molecule has 22 heavy (non-hydrogen) atoms. The minimum atomic E-state index is -2.93. The molecule has 3 atom stereocenters. The van der Waals surface area contributed by atoms with Gasteiger partial charge in [-0.2, -0.15) is 0 Å². The number of hydrogen-bond acceptors (Lipinski definition) is 4. The van der Waals surface area contributed by atoms with E-state index in [4.69, 9.17) is 0 Å². The molecule has 1 saturated heterocycles. The summed E-state index contributed by atoms with van der Waals surface area (Å²) in [5.74, 6) is 0.328. The molecule has 2 amide bonds. The van der Waals surface area contributed by atoms with E-state index in [0.29, 0.717) is 19.4 Å². The number of sulfone groups is 1. The smallest absolute Gasteiger partial charge is 0.315 e. The molecule has 1 aliphatic heterocycles. The van der Waals surface area contributed by atoms with E-state index >= 15 is 0 Å². The van der Waals surface area contributed by atoms with Crippen molar-refractivity contribution in [2.24, 2.45) is 5.92 Å². The van der Waals surface area contributed by atoms with Gasteiger partial charge in [-0.05, 0) is 23.5 Å². The van der Waals surface area contributed by atoms with Gasteiger partial charge in [-0.1, -0.05) is 24.3 Å². The molecule has 1 heterocycles. The zero-order valence-electron chi connectivity index (χ0n) is 12.2. The molecular formula is C15H20N2O4S. The van der Waals surface area contributed by atoms with E-state index in [1.54, 1.807) is 0 Å². The van der Waals surface area contributed by atoms with E-state index in [1.807, 2.05) is 24.3 Å². The lowest BCUT2D eigenvalue weighted by Gasteiger charge is -2.19. The lowest BCUT2D eigenvalue weighted by molar-refractivity contribution is 0.142. The Morgan fingerprint density at radius 1 is 1.32 bits per heavy atom. The fourth-order valence-corrected chi connectivity index (χ4v) is 5.07. The fraction of sp³-hybridized carbons (Fsp3) is 0.533. The van der Waals surface area contributed by atoms with Gasteiger partial charge in [0.1, 0.15) is 0 Å². The van der Waals surface area contributed by atoms with E-state index in [9.17, 15) is 18.3 Å². The first kappa shape index (κ1) is 15.3. The van der Waals surface area contributed by atoms with Gasteiger partial charge in [0, 0.05) is 13.0 Å². The van der Waals surface area contributed by atoms with Crippen LogP contribution in [0.25, 0.3) is 0 Å². The molecule has 1 fully saturated rings. The number of carbonyl (C=O) groups excluding carboxylic acids is 1. The van der Waals surface area contributed by atoms with Crippen molar-refractivity contribution in [2.45, 2.75) is 25.0 Å². The van der Waals surface area contributed by atoms with Crippen LogP contribution in [-0.2, 0) is 16.3 Å². The highest BCUT2D eigenvalue weighted by Gasteiger charge is 2.32. The lowest BCUT2D eigenvalue weighted by atomic mass is 10.1. The number of amides is 2. The van der Waals surface area contributed by atoms with Crippen LogP contribution in [0, 0.1) is 5.92 Å². The van der Waals surface area contributed by atoms with Gasteiger partial charge in [-0.25, -0.2) is 13.2 Å². The maximum absolute atomic E-state index is 12.0. The third-order valence-electron chi connectivity index (χ3n) is 4.37. The van der Waals surface area contributed by atoms with Gasteiger partial charge >= 0.3 is 6.03 Å². The minimum Gasteiger partial charge on any atom is -0.390 e. The van der Waals surface area contributed by atoms with Crippen LogP contribution < -0.4 is 10.6 Å². The van der Waals surface area contributed by atoms with Crippen molar-refractivity contribution in [3.63, 3.8) is 0 Å². The van der Waals surface area contributed by atoms with Crippen molar-refractivity contribution in [2.75, 3.05) is 18.1 Å². The first-order valence-corrected chi connectivity index (χ1v) is 9.27. The third-order valence-corrected chi connectivity index (χ3v) is 6.21. The summed E-state index contributed by atoms with van der Waals surface area (Å²) >= 11 is 0. The fourth-order valence-electron chi connectivity index (χ4n) is 3.21. The van der Waals surface area contributed by atoms with Gasteiger partial charge in [-0.3, -0.25) is 0 Å². The Hall–Kier alpha value is -1.60. The second kappa shape index (κ2) is 5.89. The van der Waals surface area contributed by atoms with Crippen LogP contribution in [0.1, 0.15) is 23.6 Å². The number of fused-ring (bicyclic) bond motifs is 1. The van der Waals surface area contributed by atoms with Gasteiger partial charge in [-0.15, -0.1) is 0 Å². The summed E-state index contributed by atoms with van der Waals surface area (Å²) in [6, 6.07) is 6.86. The standard InChI is InChI=1S/C15H20N2O4S/c18-13-7-11-3-1-2-4-12(11)14(13)17-15(19)16-8-10-5-6-22(20,21)9-10/h1-4,10,13-14,18H,5-9H2,(H2,16,17,19)/t10?,13-,14+/m0/s1. The Morgan fingerprint density at radius 2 is 2.09 bits per heavy atom. The summed E-state index contributed by atoms with van der Waals surface area (Å²) < 4.78 is 22.8. The third kappa shape index (κ3) is 3.25. The molecule has 0 aromatic heterocycles. The number of benzene rings is 1. The molecule has 1 aromatic carbocycles. The van der Waals surface area contributed by atoms with Crippen molar-refractivity contribution in [3.05, 3.63) is 35.4 Å².